The van der Waals surface area contributed by atoms with Crippen molar-refractivity contribution < 1.29 is 0 Å². The predicted molar refractivity (Wildman–Crippen MR) is 102 cm³/mol. The lowest BCUT2D eigenvalue weighted by atomic mass is 9.80. The van der Waals surface area contributed by atoms with Crippen LogP contribution in [0.4, 0.5) is 0 Å². The van der Waals surface area contributed by atoms with E-state index in [0.717, 1.165) is 35.8 Å². The van der Waals surface area contributed by atoms with Crippen molar-refractivity contribution in [3.63, 3.8) is 0 Å². The van der Waals surface area contributed by atoms with Gasteiger partial charge in [-0.05, 0) is 56.6 Å². The normalized spacial score (nSPS) is 21.7. The number of fused-ring (bicyclic) bond motifs is 1. The van der Waals surface area contributed by atoms with Gasteiger partial charge >= 0.3 is 0 Å². The molecule has 0 aromatic carbocycles. The van der Waals surface area contributed by atoms with Crippen molar-refractivity contribution in [1.82, 2.24) is 25.2 Å². The highest BCUT2D eigenvalue weighted by Gasteiger charge is 2.23. The first-order valence-electron chi connectivity index (χ1n) is 9.51. The standard InChI is InChI=1S/C19H30N6/c1-4-20-19(22-16-10-8-15(9-11-16)14(2)3)21-13-18-24-23-17-7-5-6-12-25(17)18/h5-7,12,14-16H,4,8-11,13H2,1-3H3,(H2,20,21,22). The molecule has 1 fully saturated rings. The third-order valence-corrected chi connectivity index (χ3v) is 5.16. The smallest absolute Gasteiger partial charge is 0.191 e. The zero-order chi connectivity index (χ0) is 17.6. The number of nitrogens with zero attached hydrogens (tertiary/aromatic N) is 4. The van der Waals surface area contributed by atoms with E-state index in [4.69, 9.17) is 4.99 Å². The summed E-state index contributed by atoms with van der Waals surface area (Å²) < 4.78 is 1.99. The van der Waals surface area contributed by atoms with E-state index in [0.29, 0.717) is 12.6 Å². The summed E-state index contributed by atoms with van der Waals surface area (Å²) in [5.41, 5.74) is 0.859. The first kappa shape index (κ1) is 17.7. The third-order valence-electron chi connectivity index (χ3n) is 5.16. The van der Waals surface area contributed by atoms with Crippen LogP contribution in [0.5, 0.6) is 0 Å². The molecule has 0 atom stereocenters. The number of nitrogens with one attached hydrogen (secondary N) is 2. The molecule has 0 saturated heterocycles. The lowest BCUT2D eigenvalue weighted by Crippen LogP contribution is -2.45. The Morgan fingerprint density at radius 3 is 2.76 bits per heavy atom. The minimum atomic E-state index is 0.516. The van der Waals surface area contributed by atoms with Gasteiger partial charge in [-0.1, -0.05) is 19.9 Å². The average Bonchev–Trinajstić information content (AvgIpc) is 3.03. The third kappa shape index (κ3) is 4.50. The maximum absolute atomic E-state index is 4.73. The quantitative estimate of drug-likeness (QED) is 0.647. The number of hydrogen-bond donors (Lipinski definition) is 2. The molecular weight excluding hydrogens is 312 g/mol. The van der Waals surface area contributed by atoms with E-state index in [1.165, 1.54) is 25.7 Å². The molecule has 1 saturated carbocycles. The van der Waals surface area contributed by atoms with E-state index in [1.807, 2.05) is 28.8 Å². The van der Waals surface area contributed by atoms with Crippen molar-refractivity contribution >= 4 is 11.6 Å². The van der Waals surface area contributed by atoms with Crippen LogP contribution in [0, 0.1) is 11.8 Å². The largest absolute Gasteiger partial charge is 0.357 e. The summed E-state index contributed by atoms with van der Waals surface area (Å²) in [5.74, 6) is 3.41. The average molecular weight is 342 g/mol. The summed E-state index contributed by atoms with van der Waals surface area (Å²) in [4.78, 5) is 4.73. The lowest BCUT2D eigenvalue weighted by molar-refractivity contribution is 0.250. The molecule has 0 bridgehead atoms. The molecule has 25 heavy (non-hydrogen) atoms. The van der Waals surface area contributed by atoms with Gasteiger partial charge < -0.3 is 10.6 Å². The monoisotopic (exact) mass is 342 g/mol. The molecule has 0 spiro atoms. The molecule has 0 radical (unpaired) electrons. The van der Waals surface area contributed by atoms with Crippen LogP contribution in [0.3, 0.4) is 0 Å². The van der Waals surface area contributed by atoms with Gasteiger partial charge in [-0.2, -0.15) is 0 Å². The Balaban J connectivity index is 1.62. The fraction of sp³-hybridized carbons (Fsp3) is 0.632. The van der Waals surface area contributed by atoms with E-state index in [2.05, 4.69) is 41.6 Å². The Morgan fingerprint density at radius 1 is 1.24 bits per heavy atom. The zero-order valence-corrected chi connectivity index (χ0v) is 15.6. The molecule has 3 rings (SSSR count). The Hall–Kier alpha value is -2.11. The number of aromatic nitrogens is 3. The maximum atomic E-state index is 4.73. The molecule has 6 nitrogen and oxygen atoms in total. The molecule has 1 aliphatic carbocycles. The SMILES string of the molecule is CCNC(=NCc1nnc2ccccn12)NC1CCC(C(C)C)CC1. The second-order valence-electron chi connectivity index (χ2n) is 7.24. The van der Waals surface area contributed by atoms with Crippen molar-refractivity contribution in [2.75, 3.05) is 6.54 Å². The van der Waals surface area contributed by atoms with Gasteiger partial charge in [0.25, 0.3) is 0 Å². The fourth-order valence-corrected chi connectivity index (χ4v) is 3.59. The van der Waals surface area contributed by atoms with Crippen LogP contribution >= 0.6 is 0 Å². The van der Waals surface area contributed by atoms with Crippen LogP contribution in [-0.2, 0) is 6.54 Å². The van der Waals surface area contributed by atoms with E-state index in [1.54, 1.807) is 0 Å². The van der Waals surface area contributed by atoms with Gasteiger partial charge in [0.2, 0.25) is 0 Å². The molecule has 136 valence electrons. The summed E-state index contributed by atoms with van der Waals surface area (Å²) in [7, 11) is 0. The van der Waals surface area contributed by atoms with E-state index < -0.39 is 0 Å². The van der Waals surface area contributed by atoms with Crippen molar-refractivity contribution in [2.45, 2.75) is 59.0 Å². The first-order valence-corrected chi connectivity index (χ1v) is 9.51. The predicted octanol–water partition coefficient (Wildman–Crippen LogP) is 3.00. The fourth-order valence-electron chi connectivity index (χ4n) is 3.59. The molecule has 2 aromatic rings. The van der Waals surface area contributed by atoms with Gasteiger partial charge in [-0.15, -0.1) is 10.2 Å². The Labute approximate surface area is 150 Å². The highest BCUT2D eigenvalue weighted by molar-refractivity contribution is 5.80. The maximum Gasteiger partial charge on any atom is 0.191 e. The van der Waals surface area contributed by atoms with E-state index in [-0.39, 0.29) is 0 Å². The molecular formula is C19H30N6. The number of rotatable bonds is 5. The Morgan fingerprint density at radius 2 is 2.04 bits per heavy atom. The molecule has 6 heteroatoms. The van der Waals surface area contributed by atoms with Crippen LogP contribution in [0.25, 0.3) is 5.65 Å². The minimum Gasteiger partial charge on any atom is -0.357 e. The van der Waals surface area contributed by atoms with Gasteiger partial charge in [0.05, 0.1) is 0 Å². The molecule has 0 unspecified atom stereocenters. The Bertz CT molecular complexity index is 697. The van der Waals surface area contributed by atoms with E-state index in [9.17, 15) is 0 Å². The molecule has 0 amide bonds. The van der Waals surface area contributed by atoms with Crippen molar-refractivity contribution in [3.05, 3.63) is 30.2 Å². The van der Waals surface area contributed by atoms with E-state index >= 15 is 0 Å². The zero-order valence-electron chi connectivity index (χ0n) is 15.6. The summed E-state index contributed by atoms with van der Waals surface area (Å²) in [6.07, 6.45) is 7.04. The topological polar surface area (TPSA) is 66.6 Å². The molecule has 2 heterocycles. The lowest BCUT2D eigenvalue weighted by Gasteiger charge is -2.32. The number of aliphatic imine (C=N–C) groups is 1. The second kappa shape index (κ2) is 8.32. The minimum absolute atomic E-state index is 0.516. The van der Waals surface area contributed by atoms with Crippen LogP contribution in [0.1, 0.15) is 52.3 Å². The number of guanidine groups is 1. The molecule has 1 aliphatic rings. The highest BCUT2D eigenvalue weighted by Crippen LogP contribution is 2.29. The van der Waals surface area contributed by atoms with Gasteiger partial charge in [0.1, 0.15) is 6.54 Å². The van der Waals surface area contributed by atoms with Gasteiger partial charge in [0.15, 0.2) is 17.4 Å². The van der Waals surface area contributed by atoms with Crippen LogP contribution in [-0.4, -0.2) is 33.1 Å². The summed E-state index contributed by atoms with van der Waals surface area (Å²) in [6, 6.07) is 6.43. The van der Waals surface area contributed by atoms with Crippen molar-refractivity contribution in [2.24, 2.45) is 16.8 Å². The van der Waals surface area contributed by atoms with Crippen molar-refractivity contribution in [1.29, 1.82) is 0 Å². The van der Waals surface area contributed by atoms with Gasteiger partial charge in [0, 0.05) is 18.8 Å². The van der Waals surface area contributed by atoms with Crippen molar-refractivity contribution in [3.8, 4) is 0 Å². The summed E-state index contributed by atoms with van der Waals surface area (Å²) in [5, 5.41) is 15.4. The number of pyridine rings is 1. The molecule has 0 aliphatic heterocycles. The highest BCUT2D eigenvalue weighted by atomic mass is 15.3. The Kier molecular flexibility index (Phi) is 5.89. The molecule has 2 aromatic heterocycles. The van der Waals surface area contributed by atoms with Crippen LogP contribution in [0.15, 0.2) is 29.4 Å². The summed E-state index contributed by atoms with van der Waals surface area (Å²) in [6.45, 7) is 8.15. The van der Waals surface area contributed by atoms with Gasteiger partial charge in [-0.25, -0.2) is 4.99 Å². The number of hydrogen-bond acceptors (Lipinski definition) is 3. The van der Waals surface area contributed by atoms with Crippen LogP contribution < -0.4 is 10.6 Å². The molecule has 2 N–H and O–H groups in total. The van der Waals surface area contributed by atoms with Crippen LogP contribution in [0.2, 0.25) is 0 Å². The van der Waals surface area contributed by atoms with Gasteiger partial charge in [-0.3, -0.25) is 4.40 Å². The second-order valence-corrected chi connectivity index (χ2v) is 7.24. The first-order chi connectivity index (χ1) is 12.2. The summed E-state index contributed by atoms with van der Waals surface area (Å²) >= 11 is 0.